The van der Waals surface area contributed by atoms with Crippen molar-refractivity contribution >= 4 is 11.3 Å². The van der Waals surface area contributed by atoms with E-state index in [1.807, 2.05) is 11.3 Å². The average Bonchev–Trinajstić information content (AvgIpc) is 2.92. The van der Waals surface area contributed by atoms with Gasteiger partial charge < -0.3 is 5.32 Å². The molecule has 0 bridgehead atoms. The van der Waals surface area contributed by atoms with Crippen LogP contribution in [0.4, 0.5) is 0 Å². The standard InChI is InChI=1S/C13H21NS/c1-9(14-11(3)12-5-6-12)8-13-7-4-10(2)15-13/h4,7,9,11-12,14H,5-6,8H2,1-3H3. The van der Waals surface area contributed by atoms with E-state index in [1.54, 1.807) is 0 Å². The molecule has 1 aliphatic carbocycles. The Morgan fingerprint density at radius 1 is 1.40 bits per heavy atom. The van der Waals surface area contributed by atoms with E-state index >= 15 is 0 Å². The Bertz CT molecular complexity index is 314. The van der Waals surface area contributed by atoms with Crippen LogP contribution in [-0.2, 0) is 6.42 Å². The van der Waals surface area contributed by atoms with Gasteiger partial charge in [-0.1, -0.05) is 0 Å². The average molecular weight is 223 g/mol. The van der Waals surface area contributed by atoms with Crippen LogP contribution in [0, 0.1) is 12.8 Å². The van der Waals surface area contributed by atoms with Gasteiger partial charge in [-0.15, -0.1) is 11.3 Å². The Hall–Kier alpha value is -0.340. The normalized spacial score (nSPS) is 20.2. The predicted molar refractivity (Wildman–Crippen MR) is 67.5 cm³/mol. The molecule has 1 saturated carbocycles. The van der Waals surface area contributed by atoms with Gasteiger partial charge in [0, 0.05) is 21.8 Å². The number of thiophene rings is 1. The molecule has 2 heteroatoms. The minimum Gasteiger partial charge on any atom is -0.311 e. The second-order valence-corrected chi connectivity index (χ2v) is 6.28. The maximum absolute atomic E-state index is 3.71. The molecule has 0 aromatic carbocycles. The molecule has 0 amide bonds. The van der Waals surface area contributed by atoms with Gasteiger partial charge >= 0.3 is 0 Å². The van der Waals surface area contributed by atoms with Gasteiger partial charge in [-0.05, 0) is 58.1 Å². The van der Waals surface area contributed by atoms with E-state index in [1.165, 1.54) is 29.0 Å². The van der Waals surface area contributed by atoms with Crippen LogP contribution in [0.5, 0.6) is 0 Å². The van der Waals surface area contributed by atoms with Crippen molar-refractivity contribution in [3.8, 4) is 0 Å². The summed E-state index contributed by atoms with van der Waals surface area (Å²) in [4.78, 5) is 2.93. The van der Waals surface area contributed by atoms with Gasteiger partial charge in [-0.2, -0.15) is 0 Å². The first kappa shape index (κ1) is 11.2. The smallest absolute Gasteiger partial charge is 0.00896 e. The Morgan fingerprint density at radius 3 is 2.67 bits per heavy atom. The first-order valence-corrected chi connectivity index (χ1v) is 6.78. The summed E-state index contributed by atoms with van der Waals surface area (Å²) in [7, 11) is 0. The Labute approximate surface area is 96.9 Å². The van der Waals surface area contributed by atoms with Crippen LogP contribution in [0.15, 0.2) is 12.1 Å². The third-order valence-corrected chi connectivity index (χ3v) is 4.20. The van der Waals surface area contributed by atoms with Crippen LogP contribution in [-0.4, -0.2) is 12.1 Å². The molecule has 15 heavy (non-hydrogen) atoms. The Balaban J connectivity index is 1.78. The van der Waals surface area contributed by atoms with Crippen molar-refractivity contribution in [2.24, 2.45) is 5.92 Å². The molecule has 0 spiro atoms. The lowest BCUT2D eigenvalue weighted by atomic mass is 10.1. The maximum Gasteiger partial charge on any atom is 0.00896 e. The summed E-state index contributed by atoms with van der Waals surface area (Å²) in [6, 6.07) is 5.80. The van der Waals surface area contributed by atoms with E-state index in [4.69, 9.17) is 0 Å². The van der Waals surface area contributed by atoms with Crippen molar-refractivity contribution < 1.29 is 0 Å². The van der Waals surface area contributed by atoms with Gasteiger partial charge in [0.2, 0.25) is 0 Å². The fraction of sp³-hybridized carbons (Fsp3) is 0.692. The lowest BCUT2D eigenvalue weighted by Crippen LogP contribution is -2.36. The zero-order valence-corrected chi connectivity index (χ0v) is 10.7. The largest absolute Gasteiger partial charge is 0.311 e. The summed E-state index contributed by atoms with van der Waals surface area (Å²) in [6.45, 7) is 6.81. The number of hydrogen-bond acceptors (Lipinski definition) is 2. The molecule has 1 heterocycles. The molecular weight excluding hydrogens is 202 g/mol. The molecule has 0 aliphatic heterocycles. The summed E-state index contributed by atoms with van der Waals surface area (Å²) in [5, 5.41) is 3.71. The SMILES string of the molecule is Cc1ccc(CC(C)NC(C)C2CC2)s1. The minimum absolute atomic E-state index is 0.610. The molecule has 0 radical (unpaired) electrons. The molecule has 1 fully saturated rings. The summed E-state index contributed by atoms with van der Waals surface area (Å²) in [5.41, 5.74) is 0. The van der Waals surface area contributed by atoms with Crippen molar-refractivity contribution in [1.82, 2.24) is 5.32 Å². The molecule has 1 nitrogen and oxygen atoms in total. The van der Waals surface area contributed by atoms with E-state index in [9.17, 15) is 0 Å². The highest BCUT2D eigenvalue weighted by Gasteiger charge is 2.28. The molecule has 2 unspecified atom stereocenters. The highest BCUT2D eigenvalue weighted by atomic mass is 32.1. The second kappa shape index (κ2) is 4.67. The highest BCUT2D eigenvalue weighted by molar-refractivity contribution is 7.11. The van der Waals surface area contributed by atoms with Crippen molar-refractivity contribution in [1.29, 1.82) is 0 Å². The molecule has 2 rings (SSSR count). The monoisotopic (exact) mass is 223 g/mol. The molecule has 2 atom stereocenters. The number of aryl methyl sites for hydroxylation is 1. The van der Waals surface area contributed by atoms with Crippen LogP contribution >= 0.6 is 11.3 Å². The topological polar surface area (TPSA) is 12.0 Å². The van der Waals surface area contributed by atoms with Gasteiger partial charge in [0.1, 0.15) is 0 Å². The fourth-order valence-corrected chi connectivity index (χ4v) is 3.16. The van der Waals surface area contributed by atoms with E-state index in [0.717, 1.165) is 5.92 Å². The molecule has 1 aromatic rings. The van der Waals surface area contributed by atoms with Crippen LogP contribution in [0.1, 0.15) is 36.4 Å². The van der Waals surface area contributed by atoms with Crippen molar-refractivity contribution in [3.05, 3.63) is 21.9 Å². The fourth-order valence-electron chi connectivity index (χ4n) is 2.14. The number of nitrogens with one attached hydrogen (secondary N) is 1. The first-order chi connectivity index (χ1) is 7.15. The highest BCUT2D eigenvalue weighted by Crippen LogP contribution is 2.32. The van der Waals surface area contributed by atoms with E-state index in [-0.39, 0.29) is 0 Å². The zero-order chi connectivity index (χ0) is 10.8. The third kappa shape index (κ3) is 3.32. The van der Waals surface area contributed by atoms with E-state index < -0.39 is 0 Å². The Kier molecular flexibility index (Phi) is 3.47. The third-order valence-electron chi connectivity index (χ3n) is 3.18. The molecule has 84 valence electrons. The maximum atomic E-state index is 3.71. The molecular formula is C13H21NS. The predicted octanol–water partition coefficient (Wildman–Crippen LogP) is 3.38. The van der Waals surface area contributed by atoms with Crippen LogP contribution in [0.25, 0.3) is 0 Å². The molecule has 1 N–H and O–H groups in total. The molecule has 1 aliphatic rings. The van der Waals surface area contributed by atoms with Gasteiger partial charge in [-0.25, -0.2) is 0 Å². The van der Waals surface area contributed by atoms with Gasteiger partial charge in [-0.3, -0.25) is 0 Å². The van der Waals surface area contributed by atoms with Crippen LogP contribution in [0.2, 0.25) is 0 Å². The quantitative estimate of drug-likeness (QED) is 0.807. The van der Waals surface area contributed by atoms with Crippen LogP contribution < -0.4 is 5.32 Å². The van der Waals surface area contributed by atoms with Crippen LogP contribution in [0.3, 0.4) is 0 Å². The minimum atomic E-state index is 0.610. The van der Waals surface area contributed by atoms with Crippen molar-refractivity contribution in [3.63, 3.8) is 0 Å². The lowest BCUT2D eigenvalue weighted by Gasteiger charge is -2.19. The Morgan fingerprint density at radius 2 is 2.13 bits per heavy atom. The summed E-state index contributed by atoms with van der Waals surface area (Å²) >= 11 is 1.93. The van der Waals surface area contributed by atoms with Crippen molar-refractivity contribution in [2.75, 3.05) is 0 Å². The number of hydrogen-bond donors (Lipinski definition) is 1. The van der Waals surface area contributed by atoms with E-state index in [2.05, 4.69) is 38.2 Å². The summed E-state index contributed by atoms with van der Waals surface area (Å²) < 4.78 is 0. The molecule has 0 saturated heterocycles. The van der Waals surface area contributed by atoms with Gasteiger partial charge in [0.15, 0.2) is 0 Å². The summed E-state index contributed by atoms with van der Waals surface area (Å²) in [5.74, 6) is 0.956. The van der Waals surface area contributed by atoms with Gasteiger partial charge in [0.25, 0.3) is 0 Å². The number of rotatable bonds is 5. The lowest BCUT2D eigenvalue weighted by molar-refractivity contribution is 0.432. The molecule has 1 aromatic heterocycles. The first-order valence-electron chi connectivity index (χ1n) is 5.96. The van der Waals surface area contributed by atoms with Gasteiger partial charge in [0.05, 0.1) is 0 Å². The second-order valence-electron chi connectivity index (χ2n) is 4.91. The van der Waals surface area contributed by atoms with E-state index in [0.29, 0.717) is 12.1 Å². The van der Waals surface area contributed by atoms with Crippen molar-refractivity contribution in [2.45, 2.75) is 52.1 Å². The zero-order valence-electron chi connectivity index (χ0n) is 9.92. The summed E-state index contributed by atoms with van der Waals surface area (Å²) in [6.07, 6.45) is 4.04.